The van der Waals surface area contributed by atoms with E-state index in [9.17, 15) is 35.9 Å². The van der Waals surface area contributed by atoms with Crippen LogP contribution in [0, 0.1) is 5.41 Å². The van der Waals surface area contributed by atoms with Crippen LogP contribution in [0.2, 0.25) is 0 Å². The number of halogens is 6. The lowest BCUT2D eigenvalue weighted by atomic mass is 9.84. The number of urea groups is 1. The second-order valence-corrected chi connectivity index (χ2v) is 11.3. The lowest BCUT2D eigenvalue weighted by Crippen LogP contribution is -2.40. The number of methoxy groups -OCH3 is 1. The van der Waals surface area contributed by atoms with E-state index in [0.717, 1.165) is 18.7 Å². The molecule has 1 fully saturated rings. The fourth-order valence-corrected chi connectivity index (χ4v) is 4.79. The molecule has 4 heterocycles. The van der Waals surface area contributed by atoms with Crippen molar-refractivity contribution in [3.63, 3.8) is 0 Å². The highest BCUT2D eigenvalue weighted by atomic mass is 19.4. The first-order valence-corrected chi connectivity index (χ1v) is 13.3. The first-order chi connectivity index (χ1) is 19.9. The van der Waals surface area contributed by atoms with Crippen LogP contribution in [-0.4, -0.2) is 79.9 Å². The predicted molar refractivity (Wildman–Crippen MR) is 140 cm³/mol. The molecule has 43 heavy (non-hydrogen) atoms. The number of hydrogen-bond acceptors (Lipinski definition) is 6. The maximum atomic E-state index is 13.9. The Balaban J connectivity index is 1.69. The molecule has 0 aliphatic carbocycles. The smallest absolute Gasteiger partial charge is 0.382 e. The van der Waals surface area contributed by atoms with Crippen molar-refractivity contribution in [1.29, 1.82) is 0 Å². The number of nitrogens with zero attached hydrogens (tertiary/aromatic N) is 6. The Morgan fingerprint density at radius 2 is 1.88 bits per heavy atom. The normalized spacial score (nSPS) is 17.9. The minimum atomic E-state index is -4.65. The number of aromatic nitrogens is 5. The topological polar surface area (TPSA) is 119 Å². The van der Waals surface area contributed by atoms with Crippen LogP contribution in [0.4, 0.5) is 31.1 Å². The highest BCUT2D eigenvalue weighted by Gasteiger charge is 2.50. The Bertz CT molecular complexity index is 1460. The maximum Gasteiger partial charge on any atom is 0.410 e. The summed E-state index contributed by atoms with van der Waals surface area (Å²) in [5.41, 5.74) is -1.57. The number of rotatable bonds is 10. The van der Waals surface area contributed by atoms with Crippen LogP contribution in [0.1, 0.15) is 74.0 Å². The number of fused-ring (bicyclic) bond motifs is 1. The van der Waals surface area contributed by atoms with E-state index in [4.69, 9.17) is 4.74 Å². The van der Waals surface area contributed by atoms with E-state index in [0.29, 0.717) is 5.56 Å². The van der Waals surface area contributed by atoms with Crippen LogP contribution in [0.25, 0.3) is 5.65 Å². The molecular weight excluding hydrogens is 586 g/mol. The van der Waals surface area contributed by atoms with E-state index in [-0.39, 0.29) is 29.7 Å². The monoisotopic (exact) mass is 618 g/mol. The second kappa shape index (κ2) is 11.7. The number of alkyl halides is 6. The lowest BCUT2D eigenvalue weighted by molar-refractivity contribution is -0.215. The Morgan fingerprint density at radius 1 is 1.19 bits per heavy atom. The van der Waals surface area contributed by atoms with Gasteiger partial charge in [-0.2, -0.15) is 36.5 Å². The lowest BCUT2D eigenvalue weighted by Gasteiger charge is -2.31. The summed E-state index contributed by atoms with van der Waals surface area (Å²) in [6.45, 7) is 4.81. The van der Waals surface area contributed by atoms with Gasteiger partial charge in [0.2, 0.25) is 0 Å². The van der Waals surface area contributed by atoms with Gasteiger partial charge in [-0.25, -0.2) is 14.3 Å². The summed E-state index contributed by atoms with van der Waals surface area (Å²) >= 11 is 0. The number of imidazole rings is 1. The van der Waals surface area contributed by atoms with Crippen molar-refractivity contribution >= 4 is 17.6 Å². The van der Waals surface area contributed by atoms with E-state index in [1.807, 2.05) is 5.32 Å². The Kier molecular flexibility index (Phi) is 8.68. The molecule has 3 atom stereocenters. The first kappa shape index (κ1) is 32.0. The van der Waals surface area contributed by atoms with Gasteiger partial charge in [0.05, 0.1) is 48.7 Å². The van der Waals surface area contributed by atoms with Gasteiger partial charge in [0.1, 0.15) is 11.7 Å². The Hall–Kier alpha value is -3.89. The van der Waals surface area contributed by atoms with Crippen molar-refractivity contribution in [3.05, 3.63) is 47.7 Å². The fourth-order valence-electron chi connectivity index (χ4n) is 4.79. The zero-order valence-corrected chi connectivity index (χ0v) is 24.0. The van der Waals surface area contributed by atoms with Gasteiger partial charge >= 0.3 is 18.4 Å². The van der Waals surface area contributed by atoms with E-state index >= 15 is 0 Å². The van der Waals surface area contributed by atoms with Gasteiger partial charge in [0, 0.05) is 24.9 Å². The van der Waals surface area contributed by atoms with Crippen LogP contribution in [-0.2, 0) is 4.74 Å². The van der Waals surface area contributed by atoms with Gasteiger partial charge in [0.25, 0.3) is 5.91 Å². The van der Waals surface area contributed by atoms with E-state index in [2.05, 4.69) is 20.5 Å². The zero-order valence-electron chi connectivity index (χ0n) is 24.0. The quantitative estimate of drug-likeness (QED) is 0.321. The molecule has 3 aromatic rings. The molecule has 0 radical (unpaired) electrons. The predicted octanol–water partition coefficient (Wildman–Crippen LogP) is 4.60. The van der Waals surface area contributed by atoms with Crippen LogP contribution in [0.15, 0.2) is 30.7 Å². The number of carbonyl (C=O) groups excluding carboxylic acids is 2. The zero-order chi connectivity index (χ0) is 31.9. The molecule has 3 unspecified atom stereocenters. The molecule has 11 nitrogen and oxygen atoms in total. The van der Waals surface area contributed by atoms with Gasteiger partial charge in [-0.05, 0) is 32.4 Å². The average molecular weight is 619 g/mol. The van der Waals surface area contributed by atoms with Crippen LogP contribution < -0.4 is 10.6 Å². The average Bonchev–Trinajstić information content (AvgIpc) is 3.63. The van der Waals surface area contributed by atoms with Crippen molar-refractivity contribution < 1.29 is 40.7 Å². The molecule has 17 heteroatoms. The molecule has 4 rings (SSSR count). The van der Waals surface area contributed by atoms with Crippen molar-refractivity contribution in [2.24, 2.45) is 5.41 Å². The van der Waals surface area contributed by atoms with Gasteiger partial charge in [-0.3, -0.25) is 9.48 Å². The molecule has 236 valence electrons. The van der Waals surface area contributed by atoms with Gasteiger partial charge in [-0.1, -0.05) is 13.8 Å². The van der Waals surface area contributed by atoms with Gasteiger partial charge in [-0.15, -0.1) is 0 Å². The summed E-state index contributed by atoms with van der Waals surface area (Å²) in [6, 6.07) is -2.47. The Morgan fingerprint density at radius 3 is 2.47 bits per heavy atom. The van der Waals surface area contributed by atoms with E-state index < -0.39 is 60.8 Å². The van der Waals surface area contributed by atoms with Crippen molar-refractivity contribution in [2.75, 3.05) is 20.3 Å². The largest absolute Gasteiger partial charge is 0.410 e. The maximum absolute atomic E-state index is 13.9. The molecule has 3 amide bonds. The molecule has 1 saturated heterocycles. The van der Waals surface area contributed by atoms with Gasteiger partial charge < -0.3 is 20.3 Å². The molecule has 1 aliphatic heterocycles. The SMILES string of the molecule is COCC(c1cnn2cc(C(CC(C)(C)C(F)(F)F)NC(=O)c3ccnn3C(C)C)nc2c1)N1CC(C(F)(F)F)NC1=O. The third-order valence-electron chi connectivity index (χ3n) is 7.31. The Labute approximate surface area is 242 Å². The fraction of sp³-hybridized carbons (Fsp3) is 0.577. The molecule has 0 saturated carbocycles. The van der Waals surface area contributed by atoms with Crippen LogP contribution >= 0.6 is 0 Å². The third-order valence-corrected chi connectivity index (χ3v) is 7.31. The highest BCUT2D eigenvalue weighted by Crippen LogP contribution is 2.44. The summed E-state index contributed by atoms with van der Waals surface area (Å²) in [5.74, 6) is -0.653. The van der Waals surface area contributed by atoms with Crippen molar-refractivity contribution in [1.82, 2.24) is 39.9 Å². The summed E-state index contributed by atoms with van der Waals surface area (Å²) in [4.78, 5) is 31.1. The minimum absolute atomic E-state index is 0.0743. The number of ether oxygens (including phenoxy) is 1. The van der Waals surface area contributed by atoms with Crippen molar-refractivity contribution in [3.8, 4) is 0 Å². The number of hydrogen-bond donors (Lipinski definition) is 2. The van der Waals surface area contributed by atoms with E-state index in [1.54, 1.807) is 13.8 Å². The molecule has 0 bridgehead atoms. The number of carbonyl (C=O) groups is 2. The standard InChI is InChI=1S/C26H32F6N8O3/c1-14(2)40-18(6-7-33-40)22(41)36-16(9-24(3,4)26(30,31)32)17-11-39-21(35-17)8-15(10-34-39)19(13-43-5)38-12-20(25(27,28)29)37-23(38)42/h6-8,10-11,14,16,19-20H,9,12-13H2,1-5H3,(H,36,41)(H,37,42). The minimum Gasteiger partial charge on any atom is -0.382 e. The van der Waals surface area contributed by atoms with Crippen LogP contribution in [0.3, 0.4) is 0 Å². The van der Waals surface area contributed by atoms with Gasteiger partial charge in [0.15, 0.2) is 5.65 Å². The van der Waals surface area contributed by atoms with Crippen LogP contribution in [0.5, 0.6) is 0 Å². The summed E-state index contributed by atoms with van der Waals surface area (Å²) in [6.07, 6.45) is -5.73. The molecule has 3 aromatic heterocycles. The summed E-state index contributed by atoms with van der Waals surface area (Å²) < 4.78 is 89.4. The molecular formula is C26H32F6N8O3. The highest BCUT2D eigenvalue weighted by molar-refractivity contribution is 5.92. The number of nitrogens with one attached hydrogen (secondary N) is 2. The van der Waals surface area contributed by atoms with Crippen molar-refractivity contribution in [2.45, 2.75) is 70.6 Å². The van der Waals surface area contributed by atoms with E-state index in [1.165, 1.54) is 47.0 Å². The molecule has 1 aliphatic rings. The third kappa shape index (κ3) is 6.70. The number of amides is 3. The molecule has 0 aromatic carbocycles. The molecule has 0 spiro atoms. The summed E-state index contributed by atoms with van der Waals surface area (Å²) in [5, 5.41) is 12.9. The summed E-state index contributed by atoms with van der Waals surface area (Å²) in [7, 11) is 1.32. The first-order valence-electron chi connectivity index (χ1n) is 13.3. The molecule has 2 N–H and O–H groups in total. The second-order valence-electron chi connectivity index (χ2n) is 11.3.